The van der Waals surface area contributed by atoms with Gasteiger partial charge in [-0.25, -0.2) is 0 Å². The Bertz CT molecular complexity index is 154. The summed E-state index contributed by atoms with van der Waals surface area (Å²) < 4.78 is 11.7. The first-order valence-corrected chi connectivity index (χ1v) is 7.94. The van der Waals surface area contributed by atoms with E-state index < -0.39 is 8.32 Å². The van der Waals surface area contributed by atoms with Gasteiger partial charge in [0.15, 0.2) is 14.1 Å². The Hall–Kier alpha value is 0.137. The highest BCUT2D eigenvalue weighted by Gasteiger charge is 2.49. The molecule has 0 aromatic carbocycles. The van der Waals surface area contributed by atoms with Crippen molar-refractivity contribution in [2.24, 2.45) is 0 Å². The monoisotopic (exact) mass is 202 g/mol. The fourth-order valence-electron chi connectivity index (χ4n) is 1.81. The molecule has 0 atom stereocenters. The summed E-state index contributed by atoms with van der Waals surface area (Å²) in [4.78, 5) is 0. The minimum atomic E-state index is -1.44. The maximum Gasteiger partial charge on any atom is 0.195 e. The first-order valence-electron chi connectivity index (χ1n) is 5.41. The molecule has 0 aromatic heterocycles. The fourth-order valence-corrected chi connectivity index (χ4v) is 4.82. The summed E-state index contributed by atoms with van der Waals surface area (Å²) in [6.45, 7) is 6.76. The summed E-state index contributed by atoms with van der Waals surface area (Å²) in [5, 5.41) is 0. The van der Waals surface area contributed by atoms with Crippen molar-refractivity contribution in [2.45, 2.75) is 57.5 Å². The van der Waals surface area contributed by atoms with E-state index in [1.54, 1.807) is 7.11 Å². The van der Waals surface area contributed by atoms with Gasteiger partial charge in [-0.1, -0.05) is 20.8 Å². The molecule has 0 radical (unpaired) electrons. The SMILES string of the molecule is CC[Si](CC)(CC)OC1(OC)CC1. The molecule has 1 aliphatic carbocycles. The largest absolute Gasteiger partial charge is 0.390 e. The Kier molecular flexibility index (Phi) is 3.55. The molecule has 1 aliphatic rings. The van der Waals surface area contributed by atoms with Crippen LogP contribution in [0.25, 0.3) is 0 Å². The summed E-state index contributed by atoms with van der Waals surface area (Å²) >= 11 is 0. The van der Waals surface area contributed by atoms with Gasteiger partial charge in [0, 0.05) is 20.0 Å². The van der Waals surface area contributed by atoms with E-state index in [1.807, 2.05) is 0 Å². The number of rotatable bonds is 6. The highest BCUT2D eigenvalue weighted by Crippen LogP contribution is 2.44. The molecule has 0 unspecified atom stereocenters. The van der Waals surface area contributed by atoms with Crippen LogP contribution in [0, 0.1) is 0 Å². The second-order valence-corrected chi connectivity index (χ2v) is 8.65. The van der Waals surface area contributed by atoms with Crippen LogP contribution in [0.15, 0.2) is 0 Å². The Labute approximate surface area is 82.7 Å². The molecule has 2 nitrogen and oxygen atoms in total. The minimum Gasteiger partial charge on any atom is -0.390 e. The topological polar surface area (TPSA) is 18.5 Å². The molecule has 1 fully saturated rings. The average Bonchev–Trinajstić information content (AvgIpc) is 2.95. The van der Waals surface area contributed by atoms with E-state index in [4.69, 9.17) is 9.16 Å². The van der Waals surface area contributed by atoms with Crippen molar-refractivity contribution in [3.05, 3.63) is 0 Å². The molecule has 0 saturated heterocycles. The van der Waals surface area contributed by atoms with E-state index in [9.17, 15) is 0 Å². The normalized spacial score (nSPS) is 20.3. The summed E-state index contributed by atoms with van der Waals surface area (Å²) in [7, 11) is 0.335. The van der Waals surface area contributed by atoms with E-state index in [-0.39, 0.29) is 5.79 Å². The van der Waals surface area contributed by atoms with Gasteiger partial charge < -0.3 is 9.16 Å². The first kappa shape index (κ1) is 11.2. The third-order valence-electron chi connectivity index (χ3n) is 3.37. The molecule has 0 aromatic rings. The van der Waals surface area contributed by atoms with Gasteiger partial charge in [-0.3, -0.25) is 0 Å². The van der Waals surface area contributed by atoms with Crippen molar-refractivity contribution >= 4 is 8.32 Å². The van der Waals surface area contributed by atoms with Crippen LogP contribution in [-0.4, -0.2) is 21.2 Å². The van der Waals surface area contributed by atoms with Crippen molar-refractivity contribution in [3.63, 3.8) is 0 Å². The van der Waals surface area contributed by atoms with E-state index in [1.165, 1.54) is 18.1 Å². The van der Waals surface area contributed by atoms with Crippen LogP contribution < -0.4 is 0 Å². The molecule has 0 bridgehead atoms. The van der Waals surface area contributed by atoms with Gasteiger partial charge >= 0.3 is 0 Å². The smallest absolute Gasteiger partial charge is 0.195 e. The van der Waals surface area contributed by atoms with Gasteiger partial charge in [0.25, 0.3) is 0 Å². The Balaban J connectivity index is 2.56. The highest BCUT2D eigenvalue weighted by molar-refractivity contribution is 6.73. The predicted octanol–water partition coefficient (Wildman–Crippen LogP) is 3.14. The molecule has 0 amide bonds. The summed E-state index contributed by atoms with van der Waals surface area (Å²) in [6, 6.07) is 3.64. The molecule has 78 valence electrons. The summed E-state index contributed by atoms with van der Waals surface area (Å²) in [5.74, 6) is -0.158. The van der Waals surface area contributed by atoms with Crippen LogP contribution in [-0.2, 0) is 9.16 Å². The second kappa shape index (κ2) is 4.11. The van der Waals surface area contributed by atoms with Gasteiger partial charge in [-0.2, -0.15) is 0 Å². The maximum absolute atomic E-state index is 6.25. The fraction of sp³-hybridized carbons (Fsp3) is 1.00. The Morgan fingerprint density at radius 2 is 1.54 bits per heavy atom. The van der Waals surface area contributed by atoms with Crippen molar-refractivity contribution < 1.29 is 9.16 Å². The van der Waals surface area contributed by atoms with Crippen molar-refractivity contribution in [2.75, 3.05) is 7.11 Å². The quantitative estimate of drug-likeness (QED) is 0.486. The van der Waals surface area contributed by atoms with Crippen LogP contribution >= 0.6 is 0 Å². The lowest BCUT2D eigenvalue weighted by molar-refractivity contribution is -0.0875. The molecule has 0 N–H and O–H groups in total. The third-order valence-corrected chi connectivity index (χ3v) is 8.04. The highest BCUT2D eigenvalue weighted by atomic mass is 28.4. The van der Waals surface area contributed by atoms with Gasteiger partial charge in [-0.05, 0) is 18.1 Å². The summed E-state index contributed by atoms with van der Waals surface area (Å²) in [5.41, 5.74) is 0. The van der Waals surface area contributed by atoms with Crippen LogP contribution in [0.2, 0.25) is 18.1 Å². The van der Waals surface area contributed by atoms with Gasteiger partial charge in [-0.15, -0.1) is 0 Å². The predicted molar refractivity (Wildman–Crippen MR) is 57.3 cm³/mol. The van der Waals surface area contributed by atoms with Gasteiger partial charge in [0.2, 0.25) is 0 Å². The van der Waals surface area contributed by atoms with Crippen molar-refractivity contribution in [1.82, 2.24) is 0 Å². The van der Waals surface area contributed by atoms with E-state index in [2.05, 4.69) is 20.8 Å². The molecule has 0 spiro atoms. The van der Waals surface area contributed by atoms with E-state index in [0.29, 0.717) is 0 Å². The van der Waals surface area contributed by atoms with Gasteiger partial charge in [0.05, 0.1) is 0 Å². The second-order valence-electron chi connectivity index (χ2n) is 3.96. The molecule has 13 heavy (non-hydrogen) atoms. The van der Waals surface area contributed by atoms with Crippen LogP contribution in [0.5, 0.6) is 0 Å². The first-order chi connectivity index (χ1) is 6.16. The molecule has 0 heterocycles. The Morgan fingerprint density at radius 3 is 1.77 bits per heavy atom. The zero-order valence-corrected chi connectivity index (χ0v) is 10.4. The summed E-state index contributed by atoms with van der Waals surface area (Å²) in [6.07, 6.45) is 2.19. The Morgan fingerprint density at radius 1 is 1.08 bits per heavy atom. The zero-order valence-electron chi connectivity index (χ0n) is 9.35. The van der Waals surface area contributed by atoms with Crippen LogP contribution in [0.1, 0.15) is 33.6 Å². The van der Waals surface area contributed by atoms with E-state index in [0.717, 1.165) is 12.8 Å². The molecule has 1 saturated carbocycles. The van der Waals surface area contributed by atoms with Crippen molar-refractivity contribution in [3.8, 4) is 0 Å². The maximum atomic E-state index is 6.25. The standard InChI is InChI=1S/C10H22O2Si/c1-5-13(6-2,7-3)12-10(11-4)8-9-10/h5-9H2,1-4H3. The lowest BCUT2D eigenvalue weighted by Crippen LogP contribution is -2.41. The molecule has 0 aliphatic heterocycles. The number of methoxy groups -OCH3 is 1. The van der Waals surface area contributed by atoms with E-state index >= 15 is 0 Å². The minimum absolute atomic E-state index is 0.158. The molecular weight excluding hydrogens is 180 g/mol. The lowest BCUT2D eigenvalue weighted by Gasteiger charge is -2.32. The number of hydrogen-bond donors (Lipinski definition) is 0. The molecular formula is C10H22O2Si. The third kappa shape index (κ3) is 2.33. The van der Waals surface area contributed by atoms with Crippen molar-refractivity contribution in [1.29, 1.82) is 0 Å². The van der Waals surface area contributed by atoms with Crippen LogP contribution in [0.3, 0.4) is 0 Å². The number of ether oxygens (including phenoxy) is 1. The average molecular weight is 202 g/mol. The lowest BCUT2D eigenvalue weighted by atomic mass is 10.7. The molecule has 1 rings (SSSR count). The van der Waals surface area contributed by atoms with Gasteiger partial charge in [0.1, 0.15) is 0 Å². The molecule has 3 heteroatoms. The number of hydrogen-bond acceptors (Lipinski definition) is 2. The zero-order chi connectivity index (χ0) is 9.95. The van der Waals surface area contributed by atoms with Crippen LogP contribution in [0.4, 0.5) is 0 Å².